The number of hydrogen-bond acceptors (Lipinski definition) is 6. The van der Waals surface area contributed by atoms with Crippen molar-refractivity contribution >= 4 is 23.9 Å². The molecule has 0 spiro atoms. The van der Waals surface area contributed by atoms with Gasteiger partial charge in [-0.3, -0.25) is 5.32 Å². The SMILES string of the molecule is CCCCCCCCCCCCNC(=O)Nc1nc(N)nc(N)n1. The molecule has 0 aliphatic carbocycles. The summed E-state index contributed by atoms with van der Waals surface area (Å²) in [5.41, 5.74) is 10.9. The molecule has 1 aromatic heterocycles. The highest BCUT2D eigenvalue weighted by Gasteiger charge is 2.06. The van der Waals surface area contributed by atoms with Gasteiger partial charge in [-0.25, -0.2) is 4.79 Å². The Morgan fingerprint density at radius 2 is 1.33 bits per heavy atom. The highest BCUT2D eigenvalue weighted by molar-refractivity contribution is 5.87. The van der Waals surface area contributed by atoms with Crippen LogP contribution >= 0.6 is 0 Å². The van der Waals surface area contributed by atoms with Gasteiger partial charge < -0.3 is 16.8 Å². The zero-order valence-corrected chi connectivity index (χ0v) is 14.7. The van der Waals surface area contributed by atoms with Crippen LogP contribution in [0, 0.1) is 0 Å². The second-order valence-electron chi connectivity index (χ2n) is 5.94. The van der Waals surface area contributed by atoms with Crippen LogP contribution in [-0.2, 0) is 0 Å². The number of urea groups is 1. The van der Waals surface area contributed by atoms with Crippen LogP contribution in [-0.4, -0.2) is 27.5 Å². The first kappa shape index (κ1) is 19.9. The molecule has 24 heavy (non-hydrogen) atoms. The number of unbranched alkanes of at least 4 members (excludes halogenated alkanes) is 9. The molecule has 0 saturated carbocycles. The monoisotopic (exact) mass is 337 g/mol. The minimum atomic E-state index is -0.365. The quantitative estimate of drug-likeness (QED) is 0.433. The summed E-state index contributed by atoms with van der Waals surface area (Å²) < 4.78 is 0. The first-order valence-electron chi connectivity index (χ1n) is 8.93. The van der Waals surface area contributed by atoms with Crippen LogP contribution in [0.25, 0.3) is 0 Å². The van der Waals surface area contributed by atoms with Gasteiger partial charge in [-0.2, -0.15) is 15.0 Å². The predicted molar refractivity (Wildman–Crippen MR) is 97.5 cm³/mol. The van der Waals surface area contributed by atoms with E-state index in [1.165, 1.54) is 51.4 Å². The molecule has 2 amide bonds. The Morgan fingerprint density at radius 3 is 1.88 bits per heavy atom. The van der Waals surface area contributed by atoms with Crippen LogP contribution in [0.2, 0.25) is 0 Å². The van der Waals surface area contributed by atoms with Gasteiger partial charge in [-0.05, 0) is 6.42 Å². The lowest BCUT2D eigenvalue weighted by atomic mass is 10.1. The molecule has 0 saturated heterocycles. The van der Waals surface area contributed by atoms with E-state index < -0.39 is 0 Å². The molecule has 1 aromatic rings. The molecule has 0 aromatic carbocycles. The van der Waals surface area contributed by atoms with E-state index in [2.05, 4.69) is 32.5 Å². The number of nitrogens with two attached hydrogens (primary N) is 2. The van der Waals surface area contributed by atoms with Crippen molar-refractivity contribution in [2.45, 2.75) is 71.1 Å². The summed E-state index contributed by atoms with van der Waals surface area (Å²) in [6.45, 7) is 2.86. The van der Waals surface area contributed by atoms with Crippen molar-refractivity contribution in [3.8, 4) is 0 Å². The van der Waals surface area contributed by atoms with Gasteiger partial charge in [0.25, 0.3) is 0 Å². The Balaban J connectivity index is 1.98. The van der Waals surface area contributed by atoms with Gasteiger partial charge in [-0.1, -0.05) is 64.7 Å². The molecule has 0 fully saturated rings. The summed E-state index contributed by atoms with van der Waals surface area (Å²) in [6.07, 6.45) is 12.6. The average Bonchev–Trinajstić information content (AvgIpc) is 2.51. The Hall–Kier alpha value is -2.12. The van der Waals surface area contributed by atoms with E-state index in [1.54, 1.807) is 0 Å². The molecule has 136 valence electrons. The Kier molecular flexibility index (Phi) is 10.2. The lowest BCUT2D eigenvalue weighted by molar-refractivity contribution is 0.251. The first-order valence-corrected chi connectivity index (χ1v) is 8.93. The van der Waals surface area contributed by atoms with Crippen molar-refractivity contribution in [3.63, 3.8) is 0 Å². The van der Waals surface area contributed by atoms with Crippen molar-refractivity contribution in [3.05, 3.63) is 0 Å². The molecule has 1 rings (SSSR count). The number of rotatable bonds is 12. The summed E-state index contributed by atoms with van der Waals surface area (Å²) in [5.74, 6) is 0.0144. The third-order valence-electron chi connectivity index (χ3n) is 3.71. The van der Waals surface area contributed by atoms with E-state index in [0.717, 1.165) is 12.8 Å². The third kappa shape index (κ3) is 9.81. The largest absolute Gasteiger partial charge is 0.368 e. The highest BCUT2D eigenvalue weighted by Crippen LogP contribution is 2.10. The summed E-state index contributed by atoms with van der Waals surface area (Å²) in [4.78, 5) is 22.9. The van der Waals surface area contributed by atoms with E-state index in [0.29, 0.717) is 6.54 Å². The number of nitrogen functional groups attached to an aromatic ring is 2. The van der Waals surface area contributed by atoms with Crippen molar-refractivity contribution in [1.82, 2.24) is 20.3 Å². The molecule has 1 heterocycles. The van der Waals surface area contributed by atoms with Crippen LogP contribution < -0.4 is 22.1 Å². The molecule has 0 atom stereocenters. The number of anilines is 3. The van der Waals surface area contributed by atoms with E-state index >= 15 is 0 Å². The minimum absolute atomic E-state index is 0.0208. The molecule has 0 radical (unpaired) electrons. The van der Waals surface area contributed by atoms with E-state index in [9.17, 15) is 4.79 Å². The normalized spacial score (nSPS) is 10.5. The zero-order chi connectivity index (χ0) is 17.6. The standard InChI is InChI=1S/C16H31N7O/c1-2-3-4-5-6-7-8-9-10-11-12-19-16(24)23-15-21-13(17)20-14(18)22-15/h2-12H2,1H3,(H6,17,18,19,20,21,22,23,24). The maximum atomic E-state index is 11.7. The molecule has 8 nitrogen and oxygen atoms in total. The van der Waals surface area contributed by atoms with Gasteiger partial charge in [0.05, 0.1) is 0 Å². The number of hydrogen-bond donors (Lipinski definition) is 4. The summed E-state index contributed by atoms with van der Waals surface area (Å²) in [7, 11) is 0. The fourth-order valence-electron chi connectivity index (χ4n) is 2.43. The number of amides is 2. The smallest absolute Gasteiger partial charge is 0.321 e. The fraction of sp³-hybridized carbons (Fsp3) is 0.750. The summed E-state index contributed by atoms with van der Waals surface area (Å²) >= 11 is 0. The van der Waals surface area contributed by atoms with Crippen LogP contribution in [0.4, 0.5) is 22.6 Å². The van der Waals surface area contributed by atoms with Gasteiger partial charge in [0.2, 0.25) is 17.8 Å². The Labute approximate surface area is 144 Å². The maximum Gasteiger partial charge on any atom is 0.321 e. The number of carbonyl (C=O) groups is 1. The molecule has 0 bridgehead atoms. The minimum Gasteiger partial charge on any atom is -0.368 e. The second kappa shape index (κ2) is 12.3. The highest BCUT2D eigenvalue weighted by atomic mass is 16.2. The zero-order valence-electron chi connectivity index (χ0n) is 14.7. The Bertz CT molecular complexity index is 461. The number of carbonyl (C=O) groups excluding carboxylic acids is 1. The fourth-order valence-corrected chi connectivity index (χ4v) is 2.43. The second-order valence-corrected chi connectivity index (χ2v) is 5.94. The maximum absolute atomic E-state index is 11.7. The molecular weight excluding hydrogens is 306 g/mol. The van der Waals surface area contributed by atoms with Crippen molar-refractivity contribution < 1.29 is 4.79 Å². The van der Waals surface area contributed by atoms with Crippen molar-refractivity contribution in [1.29, 1.82) is 0 Å². The number of nitrogens with one attached hydrogen (secondary N) is 2. The molecule has 8 heteroatoms. The van der Waals surface area contributed by atoms with Crippen molar-refractivity contribution in [2.24, 2.45) is 0 Å². The van der Waals surface area contributed by atoms with Crippen LogP contribution in [0.3, 0.4) is 0 Å². The average molecular weight is 337 g/mol. The molecule has 6 N–H and O–H groups in total. The topological polar surface area (TPSA) is 132 Å². The van der Waals surface area contributed by atoms with E-state index in [1.807, 2.05) is 0 Å². The van der Waals surface area contributed by atoms with Gasteiger partial charge in [0, 0.05) is 6.54 Å². The molecule has 0 aliphatic rings. The van der Waals surface area contributed by atoms with Gasteiger partial charge in [0.1, 0.15) is 0 Å². The third-order valence-corrected chi connectivity index (χ3v) is 3.71. The molecule has 0 aliphatic heterocycles. The van der Waals surface area contributed by atoms with Gasteiger partial charge in [0.15, 0.2) is 0 Å². The summed E-state index contributed by atoms with van der Waals surface area (Å²) in [5, 5.41) is 5.25. The van der Waals surface area contributed by atoms with E-state index in [4.69, 9.17) is 11.5 Å². The lowest BCUT2D eigenvalue weighted by Crippen LogP contribution is -2.30. The summed E-state index contributed by atoms with van der Waals surface area (Å²) in [6, 6.07) is -0.365. The lowest BCUT2D eigenvalue weighted by Gasteiger charge is -2.07. The number of aromatic nitrogens is 3. The van der Waals surface area contributed by atoms with Gasteiger partial charge >= 0.3 is 6.03 Å². The van der Waals surface area contributed by atoms with E-state index in [-0.39, 0.29) is 23.9 Å². The first-order chi connectivity index (χ1) is 11.6. The van der Waals surface area contributed by atoms with Crippen LogP contribution in [0.15, 0.2) is 0 Å². The molecule has 0 unspecified atom stereocenters. The van der Waals surface area contributed by atoms with Crippen LogP contribution in [0.5, 0.6) is 0 Å². The van der Waals surface area contributed by atoms with Crippen LogP contribution in [0.1, 0.15) is 71.1 Å². The Morgan fingerprint density at radius 1 is 0.833 bits per heavy atom. The van der Waals surface area contributed by atoms with Gasteiger partial charge in [-0.15, -0.1) is 0 Å². The number of nitrogens with zero attached hydrogens (tertiary/aromatic N) is 3. The van der Waals surface area contributed by atoms with Crippen molar-refractivity contribution in [2.75, 3.05) is 23.3 Å². The molecular formula is C16H31N7O. The predicted octanol–water partition coefficient (Wildman–Crippen LogP) is 3.08.